The average Bonchev–Trinajstić information content (AvgIpc) is 3.57. The zero-order valence-electron chi connectivity index (χ0n) is 27.4. The summed E-state index contributed by atoms with van der Waals surface area (Å²) >= 11 is 0. The topological polar surface area (TPSA) is 180 Å². The van der Waals surface area contributed by atoms with Gasteiger partial charge in [0.25, 0.3) is 0 Å². The van der Waals surface area contributed by atoms with Crippen LogP contribution in [0, 0.1) is 12.3 Å². The van der Waals surface area contributed by atoms with Gasteiger partial charge in [0.1, 0.15) is 12.1 Å². The molecule has 0 radical (unpaired) electrons. The summed E-state index contributed by atoms with van der Waals surface area (Å²) in [5.74, 6) is 0.749. The number of carbonyl (C=O) groups excluding carboxylic acids is 3. The van der Waals surface area contributed by atoms with Crippen LogP contribution in [0.5, 0.6) is 0 Å². The number of aryl methyl sites for hydroxylation is 2. The Hall–Kier alpha value is -5.22. The monoisotopic (exact) mass is 671 g/mol. The standard InChI is InChI=1S/C35H41N7O7/c1-3-4-5-6-7-14-20-28-24-42(41-39-28)21-15-22-46-35-30(38-25(2)43)32(49-34(45)27-18-12-9-13-19-27)31(29(47-35)23-37-40-36)48-33(44)26-16-10-8-11-17-26/h1,8-13,16-19,24,29-32,35H,4-7,14-15,20-23H2,2H3,(H,38,43)/t29-,30-,31-,32-,35+/m1/s1. The molecule has 0 saturated carbocycles. The number of azide groups is 1. The predicted molar refractivity (Wildman–Crippen MR) is 178 cm³/mol. The van der Waals surface area contributed by atoms with Gasteiger partial charge < -0.3 is 24.3 Å². The number of ether oxygens (including phenoxy) is 4. The lowest BCUT2D eigenvalue weighted by atomic mass is 9.95. The molecule has 0 bridgehead atoms. The van der Waals surface area contributed by atoms with Gasteiger partial charge in [-0.25, -0.2) is 9.59 Å². The molecule has 14 nitrogen and oxygen atoms in total. The van der Waals surface area contributed by atoms with E-state index in [2.05, 4.69) is 31.6 Å². The van der Waals surface area contributed by atoms with E-state index in [1.165, 1.54) is 6.92 Å². The highest BCUT2D eigenvalue weighted by Gasteiger charge is 2.51. The second kappa shape index (κ2) is 19.6. The van der Waals surface area contributed by atoms with Crippen LogP contribution in [0.3, 0.4) is 0 Å². The maximum absolute atomic E-state index is 13.4. The van der Waals surface area contributed by atoms with Gasteiger partial charge in [-0.15, -0.1) is 17.4 Å². The van der Waals surface area contributed by atoms with Crippen molar-refractivity contribution in [2.45, 2.75) is 89.1 Å². The van der Waals surface area contributed by atoms with Crippen LogP contribution in [0.1, 0.15) is 71.9 Å². The normalized spacial score (nSPS) is 20.0. The lowest BCUT2D eigenvalue weighted by molar-refractivity contribution is -0.261. The molecule has 258 valence electrons. The van der Waals surface area contributed by atoms with Crippen LogP contribution in [-0.2, 0) is 36.7 Å². The second-order valence-corrected chi connectivity index (χ2v) is 11.5. The molecular formula is C35H41N7O7. The van der Waals surface area contributed by atoms with E-state index in [9.17, 15) is 14.4 Å². The molecule has 1 aliphatic heterocycles. The second-order valence-electron chi connectivity index (χ2n) is 11.5. The molecule has 0 aliphatic carbocycles. The molecule has 3 aromatic rings. The maximum atomic E-state index is 13.4. The van der Waals surface area contributed by atoms with Gasteiger partial charge in [0.15, 0.2) is 18.5 Å². The van der Waals surface area contributed by atoms with E-state index in [1.807, 2.05) is 6.20 Å². The molecular weight excluding hydrogens is 630 g/mol. The summed E-state index contributed by atoms with van der Waals surface area (Å²) < 4.78 is 25.9. The summed E-state index contributed by atoms with van der Waals surface area (Å²) in [4.78, 5) is 41.9. The molecule has 14 heteroatoms. The van der Waals surface area contributed by atoms with Gasteiger partial charge in [-0.2, -0.15) is 0 Å². The molecule has 1 N–H and O–H groups in total. The third kappa shape index (κ3) is 11.5. The highest BCUT2D eigenvalue weighted by Crippen LogP contribution is 2.29. The molecule has 2 aromatic carbocycles. The predicted octanol–water partition coefficient (Wildman–Crippen LogP) is 4.80. The highest BCUT2D eigenvalue weighted by molar-refractivity contribution is 5.90. The zero-order valence-corrected chi connectivity index (χ0v) is 27.4. The van der Waals surface area contributed by atoms with Crippen molar-refractivity contribution in [3.8, 4) is 12.3 Å². The van der Waals surface area contributed by atoms with Gasteiger partial charge >= 0.3 is 11.9 Å². The molecule has 1 fully saturated rings. The highest BCUT2D eigenvalue weighted by atomic mass is 16.7. The average molecular weight is 672 g/mol. The minimum Gasteiger partial charge on any atom is -0.452 e. The first-order chi connectivity index (χ1) is 23.9. The van der Waals surface area contributed by atoms with E-state index in [-0.39, 0.29) is 24.3 Å². The Labute approximate surface area is 285 Å². The lowest BCUT2D eigenvalue weighted by Crippen LogP contribution is -2.66. The van der Waals surface area contributed by atoms with Gasteiger partial charge in [-0.1, -0.05) is 59.6 Å². The van der Waals surface area contributed by atoms with Crippen molar-refractivity contribution in [2.24, 2.45) is 5.11 Å². The molecule has 1 aliphatic rings. The minimum absolute atomic E-state index is 0.160. The molecule has 2 heterocycles. The van der Waals surface area contributed by atoms with Crippen LogP contribution in [0.25, 0.3) is 10.4 Å². The van der Waals surface area contributed by atoms with Gasteiger partial charge in [0, 0.05) is 31.0 Å². The largest absolute Gasteiger partial charge is 0.452 e. The van der Waals surface area contributed by atoms with Crippen molar-refractivity contribution in [1.82, 2.24) is 20.3 Å². The molecule has 0 unspecified atom stereocenters. The van der Waals surface area contributed by atoms with Crippen LogP contribution >= 0.6 is 0 Å². The van der Waals surface area contributed by atoms with Gasteiger partial charge in [0.05, 0.1) is 30.0 Å². The zero-order chi connectivity index (χ0) is 34.8. The van der Waals surface area contributed by atoms with Crippen LogP contribution in [-0.4, -0.2) is 76.6 Å². The van der Waals surface area contributed by atoms with E-state index in [0.717, 1.165) is 44.2 Å². The van der Waals surface area contributed by atoms with Crippen molar-refractivity contribution in [2.75, 3.05) is 13.2 Å². The molecule has 49 heavy (non-hydrogen) atoms. The smallest absolute Gasteiger partial charge is 0.338 e. The summed E-state index contributed by atoms with van der Waals surface area (Å²) in [6.45, 7) is 1.68. The maximum Gasteiger partial charge on any atom is 0.338 e. The van der Waals surface area contributed by atoms with Gasteiger partial charge in [-0.3, -0.25) is 9.48 Å². The summed E-state index contributed by atoms with van der Waals surface area (Å²) in [6.07, 6.45) is 8.71. The fourth-order valence-corrected chi connectivity index (χ4v) is 5.39. The lowest BCUT2D eigenvalue weighted by Gasteiger charge is -2.45. The number of esters is 2. The Kier molecular flexibility index (Phi) is 14.6. The number of nitrogens with zero attached hydrogens (tertiary/aromatic N) is 6. The van der Waals surface area contributed by atoms with Crippen molar-refractivity contribution < 1.29 is 33.3 Å². The minimum atomic E-state index is -1.29. The Bertz CT molecular complexity index is 1590. The fourth-order valence-electron chi connectivity index (χ4n) is 5.39. The number of benzene rings is 2. The third-order valence-corrected chi connectivity index (χ3v) is 7.75. The number of hydrogen-bond acceptors (Lipinski definition) is 10. The Balaban J connectivity index is 1.49. The van der Waals surface area contributed by atoms with E-state index < -0.39 is 48.5 Å². The number of unbranched alkanes of at least 4 members (excludes halogenated alkanes) is 4. The summed E-state index contributed by atoms with van der Waals surface area (Å²) in [5.41, 5.74) is 10.5. The van der Waals surface area contributed by atoms with Gasteiger partial charge in [-0.05, 0) is 55.5 Å². The number of rotatable bonds is 18. The van der Waals surface area contributed by atoms with Gasteiger partial charge in [0.2, 0.25) is 5.91 Å². The molecule has 1 aromatic heterocycles. The summed E-state index contributed by atoms with van der Waals surface area (Å²) in [7, 11) is 0. The first-order valence-electron chi connectivity index (χ1n) is 16.3. The molecule has 5 atom stereocenters. The van der Waals surface area contributed by atoms with E-state index in [0.29, 0.717) is 13.0 Å². The number of aromatic nitrogens is 3. The Morgan fingerprint density at radius 2 is 1.63 bits per heavy atom. The van der Waals surface area contributed by atoms with Crippen molar-refractivity contribution >= 4 is 17.8 Å². The summed E-state index contributed by atoms with van der Waals surface area (Å²) in [6, 6.07) is 15.4. The van der Waals surface area contributed by atoms with Crippen LogP contribution in [0.2, 0.25) is 0 Å². The molecule has 0 spiro atoms. The van der Waals surface area contributed by atoms with Crippen molar-refractivity contribution in [3.05, 3.63) is 94.1 Å². The van der Waals surface area contributed by atoms with Crippen LogP contribution in [0.15, 0.2) is 72.0 Å². The van der Waals surface area contributed by atoms with E-state index in [1.54, 1.807) is 65.3 Å². The quantitative estimate of drug-likeness (QED) is 0.0496. The number of amides is 1. The summed E-state index contributed by atoms with van der Waals surface area (Å²) in [5, 5.41) is 14.9. The van der Waals surface area contributed by atoms with Crippen molar-refractivity contribution in [3.63, 3.8) is 0 Å². The number of carbonyl (C=O) groups is 3. The SMILES string of the molecule is C#CCCCCCCc1cn(CCCO[C@H]2O[C@H](CN=[N+]=[N-])[C@@H](OC(=O)c3ccccc3)[C@H](OC(=O)c3ccccc3)[C@H]2NC(C)=O)nn1. The fraction of sp³-hybridized carbons (Fsp3) is 0.457. The first kappa shape index (κ1) is 36.6. The van der Waals surface area contributed by atoms with Crippen LogP contribution in [0.4, 0.5) is 0 Å². The first-order valence-corrected chi connectivity index (χ1v) is 16.3. The number of nitrogens with one attached hydrogen (secondary N) is 1. The Morgan fingerprint density at radius 3 is 2.27 bits per heavy atom. The van der Waals surface area contributed by atoms with E-state index >= 15 is 0 Å². The molecule has 4 rings (SSSR count). The van der Waals surface area contributed by atoms with Crippen molar-refractivity contribution in [1.29, 1.82) is 0 Å². The number of hydrogen-bond donors (Lipinski definition) is 1. The van der Waals surface area contributed by atoms with Crippen LogP contribution < -0.4 is 5.32 Å². The molecule has 1 saturated heterocycles. The Morgan fingerprint density at radius 1 is 0.980 bits per heavy atom. The molecule has 1 amide bonds. The van der Waals surface area contributed by atoms with E-state index in [4.69, 9.17) is 30.9 Å². The number of terminal acetylenes is 1. The third-order valence-electron chi connectivity index (χ3n) is 7.75.